The van der Waals surface area contributed by atoms with E-state index in [1.54, 1.807) is 0 Å². The van der Waals surface area contributed by atoms with Gasteiger partial charge in [0.2, 0.25) is 0 Å². The number of alkyl halides is 1. The summed E-state index contributed by atoms with van der Waals surface area (Å²) in [6.07, 6.45) is 10.8. The Morgan fingerprint density at radius 2 is 1.44 bits per heavy atom. The minimum Gasteiger partial charge on any atom is -0.461 e. The Labute approximate surface area is 233 Å². The highest BCUT2D eigenvalue weighted by atomic mass is 127. The highest BCUT2D eigenvalue weighted by Crippen LogP contribution is 2.46. The third-order valence-electron chi connectivity index (χ3n) is 8.29. The summed E-state index contributed by atoms with van der Waals surface area (Å²) >= 11 is 2.49. The van der Waals surface area contributed by atoms with Gasteiger partial charge in [0.05, 0.1) is 6.42 Å². The third-order valence-corrected chi connectivity index (χ3v) is 14.5. The molecule has 0 spiro atoms. The maximum Gasteiger partial charge on any atom is 0.306 e. The quantitative estimate of drug-likeness (QED) is 0.0841. The summed E-state index contributed by atoms with van der Waals surface area (Å²) in [5.41, 5.74) is 0. The smallest absolute Gasteiger partial charge is 0.306 e. The summed E-state index contributed by atoms with van der Waals surface area (Å²) in [5, 5.41) is 2.77. The first-order chi connectivity index (χ1) is 17.3. The zero-order valence-corrected chi connectivity index (χ0v) is 25.4. The molecular weight excluding hydrogens is 575 g/mol. The van der Waals surface area contributed by atoms with Gasteiger partial charge in [0.25, 0.3) is 8.32 Å². The molecule has 196 valence electrons. The van der Waals surface area contributed by atoms with E-state index in [-0.39, 0.29) is 17.1 Å². The van der Waals surface area contributed by atoms with Crippen molar-refractivity contribution < 1.29 is 14.0 Å². The van der Waals surface area contributed by atoms with Crippen LogP contribution < -0.4 is 10.4 Å². The third kappa shape index (κ3) is 6.27. The van der Waals surface area contributed by atoms with Crippen LogP contribution in [0.4, 0.5) is 0 Å². The Hall–Kier alpha value is -1.18. The number of rotatable bonds is 12. The number of benzene rings is 2. The van der Waals surface area contributed by atoms with Crippen molar-refractivity contribution in [3.8, 4) is 0 Å². The van der Waals surface area contributed by atoms with Crippen molar-refractivity contribution in [2.24, 2.45) is 11.8 Å². The number of carbonyl (C=O) groups excluding carboxylic acids is 1. The summed E-state index contributed by atoms with van der Waals surface area (Å²) in [6.45, 7) is 7.86. The van der Waals surface area contributed by atoms with E-state index < -0.39 is 8.32 Å². The van der Waals surface area contributed by atoms with Crippen molar-refractivity contribution in [3.05, 3.63) is 60.7 Å². The van der Waals surface area contributed by atoms with Crippen LogP contribution in [-0.2, 0) is 14.0 Å². The molecule has 2 aromatic carbocycles. The number of halogens is 1. The van der Waals surface area contributed by atoms with Crippen molar-refractivity contribution >= 4 is 47.3 Å². The van der Waals surface area contributed by atoms with Crippen LogP contribution in [0.3, 0.4) is 0 Å². The van der Waals surface area contributed by atoms with Gasteiger partial charge in [-0.3, -0.25) is 4.79 Å². The predicted octanol–water partition coefficient (Wildman–Crippen LogP) is 7.05. The molecule has 0 aromatic heterocycles. The van der Waals surface area contributed by atoms with E-state index in [0.29, 0.717) is 22.2 Å². The topological polar surface area (TPSA) is 35.5 Å². The average molecular weight is 619 g/mol. The van der Waals surface area contributed by atoms with Crippen molar-refractivity contribution in [1.29, 1.82) is 0 Å². The molecular formula is C31H43IO3Si. The molecule has 36 heavy (non-hydrogen) atoms. The van der Waals surface area contributed by atoms with E-state index in [2.05, 4.69) is 104 Å². The fourth-order valence-corrected chi connectivity index (χ4v) is 12.4. The Kier molecular flexibility index (Phi) is 9.72. The summed E-state index contributed by atoms with van der Waals surface area (Å²) < 4.78 is 13.1. The summed E-state index contributed by atoms with van der Waals surface area (Å²) in [7, 11) is -2.40. The van der Waals surface area contributed by atoms with E-state index in [9.17, 15) is 4.79 Å². The molecule has 2 aliphatic rings. The van der Waals surface area contributed by atoms with Gasteiger partial charge in [-0.05, 0) is 40.6 Å². The molecule has 0 amide bonds. The van der Waals surface area contributed by atoms with Crippen molar-refractivity contribution in [3.63, 3.8) is 0 Å². The minimum absolute atomic E-state index is 0.0247. The number of fused-ring (bicyclic) bond motifs is 1. The lowest BCUT2D eigenvalue weighted by Crippen LogP contribution is -2.66. The lowest BCUT2D eigenvalue weighted by molar-refractivity contribution is -0.141. The number of esters is 1. The standard InChI is InChI=1S/C31H43IO3Si/c1-31(2,3)36(25-17-11-8-12-18-25,26-19-13-9-14-20-26)34-21-15-7-5-4-6-10-16-24-22-28(32)30-27(24)23-29(33)35-30/h8-9,11-14,17-20,24,27-28,30H,4-7,10,15-16,21-23H2,1-3H3/t24-,27-,28-,30-/m0/s1. The van der Waals surface area contributed by atoms with Crippen LogP contribution in [0.2, 0.25) is 5.04 Å². The first-order valence-corrected chi connectivity index (χ1v) is 17.1. The SMILES string of the molecule is CC(C)(C)[Si](OCCCCCCCC[C@H]1C[C@H](I)[C@H]2OC(=O)C[C@@H]12)(c1ccccc1)c1ccccc1. The number of hydrogen-bond donors (Lipinski definition) is 0. The molecule has 2 aromatic rings. The summed E-state index contributed by atoms with van der Waals surface area (Å²) in [6, 6.07) is 21.9. The van der Waals surface area contributed by atoms with Crippen LogP contribution in [0.25, 0.3) is 0 Å². The van der Waals surface area contributed by atoms with E-state index >= 15 is 0 Å². The molecule has 0 unspecified atom stereocenters. The largest absolute Gasteiger partial charge is 0.461 e. The Bertz CT molecular complexity index is 919. The van der Waals surface area contributed by atoms with Crippen LogP contribution >= 0.6 is 22.6 Å². The molecule has 3 nitrogen and oxygen atoms in total. The van der Waals surface area contributed by atoms with Gasteiger partial charge in [-0.2, -0.15) is 0 Å². The first kappa shape index (κ1) is 27.8. The monoisotopic (exact) mass is 618 g/mol. The molecule has 1 heterocycles. The van der Waals surface area contributed by atoms with Gasteiger partial charge in [0, 0.05) is 16.4 Å². The molecule has 2 fully saturated rings. The molecule has 4 atom stereocenters. The molecule has 0 bridgehead atoms. The fourth-order valence-electron chi connectivity index (χ4n) is 6.51. The minimum atomic E-state index is -2.40. The first-order valence-electron chi connectivity index (χ1n) is 13.9. The highest BCUT2D eigenvalue weighted by Gasteiger charge is 2.50. The number of hydrogen-bond acceptors (Lipinski definition) is 3. The molecule has 1 aliphatic heterocycles. The van der Waals surface area contributed by atoms with Gasteiger partial charge >= 0.3 is 5.97 Å². The van der Waals surface area contributed by atoms with Crippen LogP contribution in [0.5, 0.6) is 0 Å². The second-order valence-corrected chi connectivity index (χ2v) is 17.7. The van der Waals surface area contributed by atoms with E-state index in [0.717, 1.165) is 13.0 Å². The predicted molar refractivity (Wildman–Crippen MR) is 160 cm³/mol. The number of unbranched alkanes of at least 4 members (excludes halogenated alkanes) is 5. The maximum absolute atomic E-state index is 11.7. The average Bonchev–Trinajstić information content (AvgIpc) is 3.38. The maximum atomic E-state index is 11.7. The van der Waals surface area contributed by atoms with Crippen molar-refractivity contribution in [2.45, 2.75) is 93.6 Å². The lowest BCUT2D eigenvalue weighted by atomic mass is 9.88. The van der Waals surface area contributed by atoms with Gasteiger partial charge in [-0.25, -0.2) is 0 Å². The van der Waals surface area contributed by atoms with Crippen molar-refractivity contribution in [2.75, 3.05) is 6.61 Å². The zero-order valence-electron chi connectivity index (χ0n) is 22.3. The molecule has 1 aliphatic carbocycles. The molecule has 0 N–H and O–H groups in total. The van der Waals surface area contributed by atoms with Crippen molar-refractivity contribution in [1.82, 2.24) is 0 Å². The zero-order chi connectivity index (χ0) is 25.6. The van der Waals surface area contributed by atoms with E-state index in [4.69, 9.17) is 9.16 Å². The number of carbonyl (C=O) groups is 1. The summed E-state index contributed by atoms with van der Waals surface area (Å²) in [4.78, 5) is 11.7. The van der Waals surface area contributed by atoms with Gasteiger partial charge in [0.15, 0.2) is 0 Å². The summed E-state index contributed by atoms with van der Waals surface area (Å²) in [5.74, 6) is 1.19. The van der Waals surface area contributed by atoms with Gasteiger partial charge in [0.1, 0.15) is 6.10 Å². The highest BCUT2D eigenvalue weighted by molar-refractivity contribution is 14.1. The normalized spacial score (nSPS) is 24.1. The Balaban J connectivity index is 1.22. The molecule has 4 rings (SSSR count). The van der Waals surface area contributed by atoms with Crippen LogP contribution in [0, 0.1) is 11.8 Å². The second-order valence-electron chi connectivity index (χ2n) is 11.8. The van der Waals surface area contributed by atoms with Crippen LogP contribution in [0.15, 0.2) is 60.7 Å². The Morgan fingerprint density at radius 3 is 2.03 bits per heavy atom. The van der Waals surface area contributed by atoms with Gasteiger partial charge in [-0.15, -0.1) is 0 Å². The fraction of sp³-hybridized carbons (Fsp3) is 0.581. The van der Waals surface area contributed by atoms with Crippen LogP contribution in [-0.4, -0.2) is 30.9 Å². The molecule has 1 saturated carbocycles. The lowest BCUT2D eigenvalue weighted by Gasteiger charge is -2.43. The molecule has 5 heteroatoms. The Morgan fingerprint density at radius 1 is 0.889 bits per heavy atom. The van der Waals surface area contributed by atoms with Crippen LogP contribution in [0.1, 0.15) is 78.6 Å². The molecule has 0 radical (unpaired) electrons. The van der Waals surface area contributed by atoms with E-state index in [1.807, 2.05) is 0 Å². The molecule has 1 saturated heterocycles. The van der Waals surface area contributed by atoms with Gasteiger partial charge in [-0.1, -0.05) is 136 Å². The van der Waals surface area contributed by atoms with Gasteiger partial charge < -0.3 is 9.16 Å². The van der Waals surface area contributed by atoms with E-state index in [1.165, 1.54) is 55.3 Å². The number of ether oxygens (including phenoxy) is 1. The second kappa shape index (κ2) is 12.6.